The van der Waals surface area contributed by atoms with Gasteiger partial charge in [0.1, 0.15) is 0 Å². The summed E-state index contributed by atoms with van der Waals surface area (Å²) in [5.74, 6) is 0. The van der Waals surface area contributed by atoms with Gasteiger partial charge in [-0.3, -0.25) is 6.08 Å². The Kier molecular flexibility index (Phi) is 10.5. The van der Waals surface area contributed by atoms with Gasteiger partial charge in [0.2, 0.25) is 0 Å². The van der Waals surface area contributed by atoms with Crippen LogP contribution in [0.25, 0.3) is 6.08 Å². The third kappa shape index (κ3) is 5.78. The van der Waals surface area contributed by atoms with Gasteiger partial charge in [0.15, 0.2) is 8.32 Å². The maximum absolute atomic E-state index is 6.05. The zero-order valence-corrected chi connectivity index (χ0v) is 20.3. The molecule has 3 rings (SSSR count). The minimum atomic E-state index is -1.42. The van der Waals surface area contributed by atoms with Crippen molar-refractivity contribution in [2.75, 3.05) is 6.61 Å². The molecule has 25 heavy (non-hydrogen) atoms. The van der Waals surface area contributed by atoms with Crippen molar-refractivity contribution in [2.45, 2.75) is 44.3 Å². The summed E-state index contributed by atoms with van der Waals surface area (Å²) in [6, 6.07) is 8.76. The Labute approximate surface area is 185 Å². The van der Waals surface area contributed by atoms with Crippen molar-refractivity contribution in [1.82, 2.24) is 0 Å². The maximum Gasteiger partial charge on any atom is 0.183 e. The van der Waals surface area contributed by atoms with Gasteiger partial charge < -0.3 is 4.43 Å². The minimum Gasteiger partial charge on any atom is -0.418 e. The maximum atomic E-state index is 6.05. The standard InChI is InChI=1S/C20H25OSi.2ClH.Zr/c1-22(2,3)21-16-8-14-20(18-10-5-6-11-18)15-13-17-9-4-7-12-19(17)20;;;/h4-5,7,9-10,12-13,15H,6,8,14,16H2,1-3H3;2*1H;/q-1;;;. The van der Waals surface area contributed by atoms with E-state index in [-0.39, 0.29) is 56.4 Å². The topological polar surface area (TPSA) is 9.23 Å². The Hall–Kier alpha value is 0.0800. The second-order valence-electron chi connectivity index (χ2n) is 7.15. The monoisotopic (exact) mass is 471 g/mol. The summed E-state index contributed by atoms with van der Waals surface area (Å²) in [5.41, 5.74) is 4.12. The van der Waals surface area contributed by atoms with E-state index in [0.717, 1.165) is 25.9 Å². The van der Waals surface area contributed by atoms with Crippen LogP contribution in [0.2, 0.25) is 19.6 Å². The first-order chi connectivity index (χ1) is 10.5. The molecule has 0 bridgehead atoms. The molecule has 1 unspecified atom stereocenters. The van der Waals surface area contributed by atoms with Gasteiger partial charge in [-0.15, -0.1) is 31.2 Å². The minimum absolute atomic E-state index is 0. The first-order valence-corrected chi connectivity index (χ1v) is 11.6. The van der Waals surface area contributed by atoms with E-state index in [0.29, 0.717) is 0 Å². The fourth-order valence-corrected chi connectivity index (χ4v) is 4.16. The van der Waals surface area contributed by atoms with Crippen LogP contribution < -0.4 is 0 Å². The van der Waals surface area contributed by atoms with E-state index in [4.69, 9.17) is 4.43 Å². The molecule has 0 aromatic heterocycles. The number of allylic oxidation sites excluding steroid dienone is 5. The molecule has 1 aromatic rings. The van der Waals surface area contributed by atoms with Gasteiger partial charge in [0.05, 0.1) is 0 Å². The molecule has 5 heteroatoms. The number of rotatable bonds is 6. The number of benzene rings is 1. The molecule has 1 atom stereocenters. The molecule has 0 saturated heterocycles. The Morgan fingerprint density at radius 2 is 1.84 bits per heavy atom. The van der Waals surface area contributed by atoms with Gasteiger partial charge >= 0.3 is 0 Å². The number of hydrogen-bond donors (Lipinski definition) is 0. The molecule has 136 valence electrons. The zero-order chi connectivity index (χ0) is 15.6. The van der Waals surface area contributed by atoms with Gasteiger partial charge in [-0.25, -0.2) is 11.6 Å². The molecule has 2 aliphatic carbocycles. The molecule has 0 spiro atoms. The summed E-state index contributed by atoms with van der Waals surface area (Å²) in [7, 11) is -1.42. The van der Waals surface area contributed by atoms with Crippen LogP contribution >= 0.6 is 24.8 Å². The summed E-state index contributed by atoms with van der Waals surface area (Å²) in [6.07, 6.45) is 15.8. The molecule has 0 aliphatic heterocycles. The summed E-state index contributed by atoms with van der Waals surface area (Å²) in [5, 5.41) is 0. The van der Waals surface area contributed by atoms with E-state index in [1.165, 1.54) is 16.7 Å². The second kappa shape index (κ2) is 10.4. The number of fused-ring (bicyclic) bond motifs is 1. The Balaban J connectivity index is 0.00000192. The average molecular weight is 474 g/mol. The largest absolute Gasteiger partial charge is 0.418 e. The van der Waals surface area contributed by atoms with Crippen molar-refractivity contribution in [1.29, 1.82) is 0 Å². The summed E-state index contributed by atoms with van der Waals surface area (Å²) in [6.45, 7) is 7.63. The predicted molar refractivity (Wildman–Crippen MR) is 111 cm³/mol. The molecule has 0 N–H and O–H groups in total. The molecular formula is C20H27Cl2OSiZr-. The molecule has 2 aliphatic rings. The molecule has 0 amide bonds. The summed E-state index contributed by atoms with van der Waals surface area (Å²) >= 11 is 0. The zero-order valence-electron chi connectivity index (χ0n) is 15.2. The van der Waals surface area contributed by atoms with E-state index < -0.39 is 8.32 Å². The Bertz CT molecular complexity index is 649. The van der Waals surface area contributed by atoms with Crippen molar-refractivity contribution < 1.29 is 30.6 Å². The first kappa shape index (κ1) is 25.1. The van der Waals surface area contributed by atoms with Crippen LogP contribution in [0.1, 0.15) is 30.4 Å². The summed E-state index contributed by atoms with van der Waals surface area (Å²) in [4.78, 5) is 0. The van der Waals surface area contributed by atoms with Crippen molar-refractivity contribution in [3.8, 4) is 0 Å². The van der Waals surface area contributed by atoms with Crippen LogP contribution in [0.3, 0.4) is 0 Å². The van der Waals surface area contributed by atoms with Crippen LogP contribution in [-0.2, 0) is 36.0 Å². The third-order valence-electron chi connectivity index (χ3n) is 4.41. The van der Waals surface area contributed by atoms with Gasteiger partial charge in [-0.05, 0) is 43.6 Å². The van der Waals surface area contributed by atoms with E-state index in [9.17, 15) is 0 Å². The quantitative estimate of drug-likeness (QED) is 0.275. The fourth-order valence-electron chi connectivity index (χ4n) is 3.40. The normalized spacial score (nSPS) is 20.2. The van der Waals surface area contributed by atoms with E-state index in [1.807, 2.05) is 0 Å². The van der Waals surface area contributed by atoms with E-state index in [2.05, 4.69) is 74.3 Å². The molecule has 1 aromatic carbocycles. The van der Waals surface area contributed by atoms with E-state index >= 15 is 0 Å². The smallest absolute Gasteiger partial charge is 0.183 e. The molecule has 0 fully saturated rings. The van der Waals surface area contributed by atoms with Crippen LogP contribution in [0.15, 0.2) is 48.1 Å². The van der Waals surface area contributed by atoms with Gasteiger partial charge in [-0.2, -0.15) is 6.08 Å². The SMILES string of the molecule is C[Si](C)(C)OCCCC1(C2=[C-]CC=C2)C=Cc2ccccc21.Cl.Cl.[Zr]. The molecule has 0 heterocycles. The third-order valence-corrected chi connectivity index (χ3v) is 5.49. The molecule has 1 nitrogen and oxygen atoms in total. The van der Waals surface area contributed by atoms with Crippen LogP contribution in [0.4, 0.5) is 0 Å². The average Bonchev–Trinajstić information content (AvgIpc) is 3.11. The number of halogens is 2. The fraction of sp³-hybridized carbons (Fsp3) is 0.400. The molecular weight excluding hydrogens is 446 g/mol. The van der Waals surface area contributed by atoms with Crippen molar-refractivity contribution in [3.63, 3.8) is 0 Å². The van der Waals surface area contributed by atoms with Gasteiger partial charge in [0.25, 0.3) is 0 Å². The van der Waals surface area contributed by atoms with Gasteiger partial charge in [-0.1, -0.05) is 36.4 Å². The Morgan fingerprint density at radius 1 is 1.12 bits per heavy atom. The van der Waals surface area contributed by atoms with Crippen molar-refractivity contribution in [2.24, 2.45) is 0 Å². The molecule has 0 saturated carbocycles. The van der Waals surface area contributed by atoms with Crippen LogP contribution in [0.5, 0.6) is 0 Å². The van der Waals surface area contributed by atoms with Crippen molar-refractivity contribution >= 4 is 39.2 Å². The predicted octanol–water partition coefficient (Wildman–Crippen LogP) is 6.11. The van der Waals surface area contributed by atoms with Gasteiger partial charge in [0, 0.05) is 38.2 Å². The number of hydrogen-bond acceptors (Lipinski definition) is 1. The van der Waals surface area contributed by atoms with E-state index in [1.54, 1.807) is 0 Å². The van der Waals surface area contributed by atoms with Crippen molar-refractivity contribution in [3.05, 3.63) is 65.3 Å². The summed E-state index contributed by atoms with van der Waals surface area (Å²) < 4.78 is 6.05. The van der Waals surface area contributed by atoms with Crippen LogP contribution in [-0.4, -0.2) is 14.9 Å². The Morgan fingerprint density at radius 3 is 2.48 bits per heavy atom. The first-order valence-electron chi connectivity index (χ1n) is 8.22. The second-order valence-corrected chi connectivity index (χ2v) is 11.7. The van der Waals surface area contributed by atoms with Crippen LogP contribution in [0, 0.1) is 6.08 Å². The molecule has 0 radical (unpaired) electrons.